The van der Waals surface area contributed by atoms with Crippen LogP contribution in [0.5, 0.6) is 11.5 Å². The van der Waals surface area contributed by atoms with Crippen molar-refractivity contribution in [2.24, 2.45) is 0 Å². The Balaban J connectivity index is 2.41. The van der Waals surface area contributed by atoms with E-state index in [-0.39, 0.29) is 11.3 Å². The number of carbonyl (C=O) groups excluding carboxylic acids is 1. The van der Waals surface area contributed by atoms with E-state index in [1.807, 2.05) is 0 Å². The number of Topliss-reactive ketones (excluding diaryl/α,β-unsaturated/α-hetero) is 1. The third-order valence-electron chi connectivity index (χ3n) is 2.41. The van der Waals surface area contributed by atoms with Crippen LogP contribution in [-0.2, 0) is 0 Å². The first-order valence-corrected chi connectivity index (χ1v) is 5.33. The molecule has 1 aromatic heterocycles. The van der Waals surface area contributed by atoms with Gasteiger partial charge in [-0.15, -0.1) is 0 Å². The average molecular weight is 246 g/mol. The molecule has 18 heavy (non-hydrogen) atoms. The molecular weight excluding hydrogens is 235 g/mol. The number of aryl methyl sites for hydroxylation is 1. The van der Waals surface area contributed by atoms with Crippen molar-refractivity contribution < 1.29 is 13.9 Å². The van der Waals surface area contributed by atoms with Crippen molar-refractivity contribution in [2.45, 2.75) is 13.8 Å². The van der Waals surface area contributed by atoms with Crippen molar-refractivity contribution in [3.63, 3.8) is 0 Å². The zero-order valence-corrected chi connectivity index (χ0v) is 9.98. The Kier molecular flexibility index (Phi) is 3.32. The number of aromatic nitrogens is 2. The second-order valence-electron chi connectivity index (χ2n) is 3.77. The van der Waals surface area contributed by atoms with Crippen molar-refractivity contribution in [1.82, 2.24) is 9.97 Å². The summed E-state index contributed by atoms with van der Waals surface area (Å²) in [4.78, 5) is 19.2. The largest absolute Gasteiger partial charge is 0.453 e. The first-order valence-electron chi connectivity index (χ1n) is 5.33. The van der Waals surface area contributed by atoms with Crippen LogP contribution in [-0.4, -0.2) is 15.8 Å². The van der Waals surface area contributed by atoms with Crippen molar-refractivity contribution in [3.8, 4) is 11.5 Å². The van der Waals surface area contributed by atoms with E-state index >= 15 is 0 Å². The van der Waals surface area contributed by atoms with Crippen LogP contribution in [0.15, 0.2) is 30.7 Å². The molecule has 0 aliphatic rings. The van der Waals surface area contributed by atoms with Gasteiger partial charge >= 0.3 is 0 Å². The Labute approximate surface area is 103 Å². The minimum atomic E-state index is -0.478. The third kappa shape index (κ3) is 2.51. The summed E-state index contributed by atoms with van der Waals surface area (Å²) in [6, 6.07) is 3.80. The highest BCUT2D eigenvalue weighted by molar-refractivity contribution is 5.96. The third-order valence-corrected chi connectivity index (χ3v) is 2.41. The first-order chi connectivity index (χ1) is 8.58. The summed E-state index contributed by atoms with van der Waals surface area (Å²) in [5, 5.41) is 0. The molecule has 0 saturated carbocycles. The van der Waals surface area contributed by atoms with Gasteiger partial charge in [0.05, 0.1) is 17.5 Å². The van der Waals surface area contributed by atoms with Gasteiger partial charge in [-0.1, -0.05) is 0 Å². The molecular formula is C13H11FN2O2. The summed E-state index contributed by atoms with van der Waals surface area (Å²) in [6.07, 6.45) is 2.90. The molecule has 0 aliphatic heterocycles. The van der Waals surface area contributed by atoms with Gasteiger partial charge in [0.15, 0.2) is 11.5 Å². The van der Waals surface area contributed by atoms with E-state index < -0.39 is 5.82 Å². The molecule has 1 heterocycles. The Hall–Kier alpha value is -2.30. The SMILES string of the molecule is CC(=O)c1cc(F)ccc1Oc1cncnc1C. The van der Waals surface area contributed by atoms with E-state index in [1.165, 1.54) is 31.6 Å². The van der Waals surface area contributed by atoms with Gasteiger partial charge in [0.25, 0.3) is 0 Å². The highest BCUT2D eigenvalue weighted by Crippen LogP contribution is 2.27. The summed E-state index contributed by atoms with van der Waals surface area (Å²) in [5.41, 5.74) is 0.835. The molecule has 0 atom stereocenters. The Morgan fingerprint density at radius 2 is 2.11 bits per heavy atom. The zero-order chi connectivity index (χ0) is 13.1. The zero-order valence-electron chi connectivity index (χ0n) is 9.98. The molecule has 2 rings (SSSR count). The van der Waals surface area contributed by atoms with Crippen molar-refractivity contribution in [2.75, 3.05) is 0 Å². The van der Waals surface area contributed by atoms with Crippen LogP contribution < -0.4 is 4.74 Å². The highest BCUT2D eigenvalue weighted by Gasteiger charge is 2.12. The van der Waals surface area contributed by atoms with Gasteiger partial charge in [-0.25, -0.2) is 14.4 Å². The Morgan fingerprint density at radius 1 is 1.33 bits per heavy atom. The minimum absolute atomic E-state index is 0.193. The first kappa shape index (κ1) is 12.2. The van der Waals surface area contributed by atoms with Crippen LogP contribution in [0.4, 0.5) is 4.39 Å². The highest BCUT2D eigenvalue weighted by atomic mass is 19.1. The van der Waals surface area contributed by atoms with E-state index in [1.54, 1.807) is 6.92 Å². The lowest BCUT2D eigenvalue weighted by molar-refractivity contribution is 0.101. The van der Waals surface area contributed by atoms with Crippen LogP contribution in [0.25, 0.3) is 0 Å². The number of ether oxygens (including phenoxy) is 1. The molecule has 1 aromatic carbocycles. The predicted molar refractivity (Wildman–Crippen MR) is 63.2 cm³/mol. The van der Waals surface area contributed by atoms with Gasteiger partial charge in [0.1, 0.15) is 17.9 Å². The van der Waals surface area contributed by atoms with E-state index in [0.29, 0.717) is 17.2 Å². The second-order valence-corrected chi connectivity index (χ2v) is 3.77. The van der Waals surface area contributed by atoms with E-state index in [4.69, 9.17) is 4.74 Å². The summed E-state index contributed by atoms with van der Waals surface area (Å²) in [7, 11) is 0. The smallest absolute Gasteiger partial charge is 0.166 e. The maximum absolute atomic E-state index is 13.1. The molecule has 0 unspecified atom stereocenters. The molecule has 5 heteroatoms. The van der Waals surface area contributed by atoms with Gasteiger partial charge in [0, 0.05) is 0 Å². The fourth-order valence-corrected chi connectivity index (χ4v) is 1.46. The second kappa shape index (κ2) is 4.91. The minimum Gasteiger partial charge on any atom is -0.453 e. The van der Waals surface area contributed by atoms with E-state index in [0.717, 1.165) is 6.07 Å². The number of ketones is 1. The summed E-state index contributed by atoms with van der Waals surface area (Å²) in [5.74, 6) is -0.0130. The quantitative estimate of drug-likeness (QED) is 0.781. The lowest BCUT2D eigenvalue weighted by atomic mass is 10.1. The Morgan fingerprint density at radius 3 is 2.78 bits per heavy atom. The standard InChI is InChI=1S/C13H11FN2O2/c1-8-13(6-15-7-16-8)18-12-4-3-10(14)5-11(12)9(2)17/h3-7H,1-2H3. The van der Waals surface area contributed by atoms with Gasteiger partial charge in [-0.2, -0.15) is 0 Å². The molecule has 2 aromatic rings. The van der Waals surface area contributed by atoms with E-state index in [2.05, 4.69) is 9.97 Å². The molecule has 0 amide bonds. The number of halogens is 1. The van der Waals surface area contributed by atoms with E-state index in [9.17, 15) is 9.18 Å². The summed E-state index contributed by atoms with van der Waals surface area (Å²) >= 11 is 0. The number of nitrogens with zero attached hydrogens (tertiary/aromatic N) is 2. The predicted octanol–water partition coefficient (Wildman–Crippen LogP) is 2.92. The van der Waals surface area contributed by atoms with Crippen LogP contribution in [0.1, 0.15) is 23.0 Å². The molecule has 0 saturated heterocycles. The maximum atomic E-state index is 13.1. The normalized spacial score (nSPS) is 10.2. The van der Waals surface area contributed by atoms with Crippen LogP contribution in [0.2, 0.25) is 0 Å². The van der Waals surface area contributed by atoms with Crippen LogP contribution in [0.3, 0.4) is 0 Å². The molecule has 0 bridgehead atoms. The number of benzene rings is 1. The lowest BCUT2D eigenvalue weighted by Gasteiger charge is -2.10. The maximum Gasteiger partial charge on any atom is 0.166 e. The number of hydrogen-bond donors (Lipinski definition) is 0. The topological polar surface area (TPSA) is 52.1 Å². The number of hydrogen-bond acceptors (Lipinski definition) is 4. The molecule has 0 aliphatic carbocycles. The van der Waals surface area contributed by atoms with Crippen molar-refractivity contribution >= 4 is 5.78 Å². The van der Waals surface area contributed by atoms with Gasteiger partial charge in [-0.05, 0) is 32.0 Å². The van der Waals surface area contributed by atoms with Gasteiger partial charge in [0.2, 0.25) is 0 Å². The number of rotatable bonds is 3. The fourth-order valence-electron chi connectivity index (χ4n) is 1.46. The molecule has 92 valence electrons. The van der Waals surface area contributed by atoms with Crippen LogP contribution >= 0.6 is 0 Å². The number of carbonyl (C=O) groups is 1. The summed E-state index contributed by atoms with van der Waals surface area (Å²) < 4.78 is 18.6. The Bertz CT molecular complexity index is 599. The molecule has 0 N–H and O–H groups in total. The summed E-state index contributed by atoms with van der Waals surface area (Å²) in [6.45, 7) is 3.12. The van der Waals surface area contributed by atoms with Gasteiger partial charge in [-0.3, -0.25) is 4.79 Å². The van der Waals surface area contributed by atoms with Gasteiger partial charge < -0.3 is 4.74 Å². The molecule has 0 fully saturated rings. The average Bonchev–Trinajstić information content (AvgIpc) is 2.34. The van der Waals surface area contributed by atoms with Crippen LogP contribution in [0, 0.1) is 12.7 Å². The lowest BCUT2D eigenvalue weighted by Crippen LogP contribution is -1.99. The van der Waals surface area contributed by atoms with Crippen molar-refractivity contribution in [3.05, 3.63) is 47.8 Å². The van der Waals surface area contributed by atoms with Crippen molar-refractivity contribution in [1.29, 1.82) is 0 Å². The molecule has 0 spiro atoms. The fraction of sp³-hybridized carbons (Fsp3) is 0.154. The molecule has 0 radical (unpaired) electrons. The molecule has 4 nitrogen and oxygen atoms in total. The monoisotopic (exact) mass is 246 g/mol.